The smallest absolute Gasteiger partial charge is 0.156 e. The fraction of sp³-hybridized carbons (Fsp3) is 0.867. The predicted octanol–water partition coefficient (Wildman–Crippen LogP) is 3.58. The molecule has 0 aromatic heterocycles. The molecular formula is C15H26O2S. The summed E-state index contributed by atoms with van der Waals surface area (Å²) in [6.45, 7) is 14.1. The van der Waals surface area contributed by atoms with E-state index in [9.17, 15) is 8.42 Å². The maximum Gasteiger partial charge on any atom is 0.156 e. The molecule has 0 aliphatic heterocycles. The van der Waals surface area contributed by atoms with Crippen molar-refractivity contribution in [2.45, 2.75) is 58.6 Å². The van der Waals surface area contributed by atoms with Crippen molar-refractivity contribution >= 4 is 9.84 Å². The van der Waals surface area contributed by atoms with Gasteiger partial charge in [0.05, 0.1) is 10.5 Å². The minimum atomic E-state index is -3.09. The molecule has 0 radical (unpaired) electrons. The third kappa shape index (κ3) is 1.62. The van der Waals surface area contributed by atoms with Gasteiger partial charge in [-0.3, -0.25) is 0 Å². The molecule has 104 valence electrons. The van der Waals surface area contributed by atoms with E-state index in [-0.39, 0.29) is 16.6 Å². The molecule has 18 heavy (non-hydrogen) atoms. The van der Waals surface area contributed by atoms with Gasteiger partial charge in [0, 0.05) is 5.41 Å². The van der Waals surface area contributed by atoms with Crippen LogP contribution in [0.1, 0.15) is 53.9 Å². The van der Waals surface area contributed by atoms with Crippen LogP contribution < -0.4 is 0 Å². The Morgan fingerprint density at radius 2 is 1.89 bits per heavy atom. The van der Waals surface area contributed by atoms with Gasteiger partial charge < -0.3 is 0 Å². The van der Waals surface area contributed by atoms with Crippen LogP contribution in [0, 0.1) is 16.7 Å². The molecule has 2 aliphatic rings. The quantitative estimate of drug-likeness (QED) is 0.719. The molecule has 0 aromatic rings. The minimum Gasteiger partial charge on any atom is -0.228 e. The molecule has 2 aliphatic carbocycles. The molecule has 2 bridgehead atoms. The lowest BCUT2D eigenvalue weighted by Crippen LogP contribution is -2.43. The molecule has 2 saturated carbocycles. The van der Waals surface area contributed by atoms with Gasteiger partial charge in [0.1, 0.15) is 0 Å². The highest BCUT2D eigenvalue weighted by molar-refractivity contribution is 7.92. The molecule has 0 N–H and O–H groups in total. The van der Waals surface area contributed by atoms with E-state index in [4.69, 9.17) is 0 Å². The third-order valence-electron chi connectivity index (χ3n) is 5.71. The molecule has 2 atom stereocenters. The first kappa shape index (κ1) is 14.1. The van der Waals surface area contributed by atoms with E-state index in [1.807, 2.05) is 0 Å². The lowest BCUT2D eigenvalue weighted by Gasteiger charge is -2.40. The standard InChI is InChI=1S/C15H26O2S/c1-11-9-12-7-8-15(11,14(12,5)6)10-18(16,17)13(2,3)4/h12H,1,7-10H2,2-6H3. The number of hydrogen-bond acceptors (Lipinski definition) is 2. The molecule has 0 spiro atoms. The van der Waals surface area contributed by atoms with Crippen molar-refractivity contribution < 1.29 is 8.42 Å². The van der Waals surface area contributed by atoms with Crippen molar-refractivity contribution in [1.82, 2.24) is 0 Å². The van der Waals surface area contributed by atoms with Gasteiger partial charge in [-0.25, -0.2) is 8.42 Å². The van der Waals surface area contributed by atoms with Gasteiger partial charge in [-0.05, 0) is 51.4 Å². The number of hydrogen-bond donors (Lipinski definition) is 0. The first-order chi connectivity index (χ1) is 7.94. The van der Waals surface area contributed by atoms with Crippen molar-refractivity contribution in [3.8, 4) is 0 Å². The Morgan fingerprint density at radius 3 is 2.22 bits per heavy atom. The van der Waals surface area contributed by atoms with E-state index in [2.05, 4.69) is 20.4 Å². The van der Waals surface area contributed by atoms with Crippen molar-refractivity contribution in [2.24, 2.45) is 16.7 Å². The normalized spacial score (nSPS) is 35.2. The molecule has 0 saturated heterocycles. The van der Waals surface area contributed by atoms with Gasteiger partial charge >= 0.3 is 0 Å². The Kier molecular flexibility index (Phi) is 2.84. The van der Waals surface area contributed by atoms with Crippen LogP contribution in [0.25, 0.3) is 0 Å². The zero-order valence-corrected chi connectivity index (χ0v) is 13.2. The molecule has 0 heterocycles. The van der Waals surface area contributed by atoms with Crippen LogP contribution in [0.3, 0.4) is 0 Å². The molecule has 2 unspecified atom stereocenters. The maximum atomic E-state index is 12.6. The summed E-state index contributed by atoms with van der Waals surface area (Å²) >= 11 is 0. The van der Waals surface area contributed by atoms with E-state index in [0.717, 1.165) is 19.3 Å². The Morgan fingerprint density at radius 1 is 1.33 bits per heavy atom. The van der Waals surface area contributed by atoms with Crippen molar-refractivity contribution in [3.05, 3.63) is 12.2 Å². The Balaban J connectivity index is 2.42. The van der Waals surface area contributed by atoms with E-state index in [0.29, 0.717) is 5.92 Å². The third-order valence-corrected chi connectivity index (χ3v) is 8.45. The van der Waals surface area contributed by atoms with Gasteiger partial charge in [0.25, 0.3) is 0 Å². The molecule has 3 heteroatoms. The van der Waals surface area contributed by atoms with Gasteiger partial charge in [0.15, 0.2) is 9.84 Å². The predicted molar refractivity (Wildman–Crippen MR) is 76.2 cm³/mol. The van der Waals surface area contributed by atoms with Gasteiger partial charge in [-0.1, -0.05) is 26.0 Å². The maximum absolute atomic E-state index is 12.6. The van der Waals surface area contributed by atoms with Crippen LogP contribution in [0.15, 0.2) is 12.2 Å². The highest BCUT2D eigenvalue weighted by Crippen LogP contribution is 2.68. The number of sulfone groups is 1. The Hall–Kier alpha value is -0.310. The lowest BCUT2D eigenvalue weighted by molar-refractivity contribution is 0.181. The average Bonchev–Trinajstić information content (AvgIpc) is 2.48. The lowest BCUT2D eigenvalue weighted by atomic mass is 9.69. The van der Waals surface area contributed by atoms with Crippen molar-refractivity contribution in [3.63, 3.8) is 0 Å². The van der Waals surface area contributed by atoms with Crippen LogP contribution in [-0.4, -0.2) is 18.9 Å². The minimum absolute atomic E-state index is 0.0857. The van der Waals surface area contributed by atoms with Crippen LogP contribution in [0.5, 0.6) is 0 Å². The topological polar surface area (TPSA) is 34.1 Å². The summed E-state index contributed by atoms with van der Waals surface area (Å²) in [7, 11) is -3.09. The SMILES string of the molecule is C=C1CC2CCC1(CS(=O)(=O)C(C)(C)C)C2(C)C. The Bertz CT molecular complexity index is 479. The van der Waals surface area contributed by atoms with Gasteiger partial charge in [-0.15, -0.1) is 0 Å². The summed E-state index contributed by atoms with van der Waals surface area (Å²) in [6, 6.07) is 0. The average molecular weight is 270 g/mol. The zero-order valence-electron chi connectivity index (χ0n) is 12.3. The summed E-state index contributed by atoms with van der Waals surface area (Å²) in [5, 5.41) is 0. The first-order valence-corrected chi connectivity index (χ1v) is 8.50. The molecule has 2 rings (SSSR count). The summed E-state index contributed by atoms with van der Waals surface area (Å²) in [4.78, 5) is 0. The molecule has 2 fully saturated rings. The molecule has 0 amide bonds. The van der Waals surface area contributed by atoms with Crippen LogP contribution in [-0.2, 0) is 9.84 Å². The summed E-state index contributed by atoms with van der Waals surface area (Å²) in [6.07, 6.45) is 3.18. The number of fused-ring (bicyclic) bond motifs is 2. The first-order valence-electron chi connectivity index (χ1n) is 6.85. The van der Waals surface area contributed by atoms with E-state index < -0.39 is 14.6 Å². The molecule has 0 aromatic carbocycles. The van der Waals surface area contributed by atoms with Crippen LogP contribution in [0.2, 0.25) is 0 Å². The van der Waals surface area contributed by atoms with Crippen LogP contribution in [0.4, 0.5) is 0 Å². The highest BCUT2D eigenvalue weighted by atomic mass is 32.2. The van der Waals surface area contributed by atoms with E-state index >= 15 is 0 Å². The summed E-state index contributed by atoms with van der Waals surface area (Å²) in [5.41, 5.74) is 1.09. The van der Waals surface area contributed by atoms with E-state index in [1.165, 1.54) is 5.57 Å². The number of rotatable bonds is 2. The van der Waals surface area contributed by atoms with Crippen molar-refractivity contribution in [2.75, 3.05) is 5.75 Å². The van der Waals surface area contributed by atoms with Gasteiger partial charge in [-0.2, -0.15) is 0 Å². The van der Waals surface area contributed by atoms with Crippen LogP contribution >= 0.6 is 0 Å². The largest absolute Gasteiger partial charge is 0.228 e. The molecule has 2 nitrogen and oxygen atoms in total. The highest BCUT2D eigenvalue weighted by Gasteiger charge is 2.62. The fourth-order valence-corrected chi connectivity index (χ4v) is 5.68. The molecular weight excluding hydrogens is 244 g/mol. The number of allylic oxidation sites excluding steroid dienone is 1. The fourth-order valence-electron chi connectivity index (χ4n) is 3.88. The monoisotopic (exact) mass is 270 g/mol. The van der Waals surface area contributed by atoms with Crippen molar-refractivity contribution in [1.29, 1.82) is 0 Å². The van der Waals surface area contributed by atoms with E-state index in [1.54, 1.807) is 20.8 Å². The second-order valence-electron chi connectivity index (χ2n) is 7.72. The van der Waals surface area contributed by atoms with Gasteiger partial charge in [0.2, 0.25) is 0 Å². The Labute approximate surface area is 112 Å². The summed E-state index contributed by atoms with van der Waals surface area (Å²) in [5.74, 6) is 0.909. The zero-order chi connectivity index (χ0) is 14.0. The second kappa shape index (κ2) is 3.62. The second-order valence-corrected chi connectivity index (χ2v) is 10.5. The summed E-state index contributed by atoms with van der Waals surface area (Å²) < 4.78 is 24.5.